The minimum atomic E-state index is -1.23. The lowest BCUT2D eigenvalue weighted by Gasteiger charge is -2.09. The van der Waals surface area contributed by atoms with Crippen molar-refractivity contribution in [1.82, 2.24) is 5.32 Å². The van der Waals surface area contributed by atoms with E-state index in [-0.39, 0.29) is 17.1 Å². The van der Waals surface area contributed by atoms with Crippen LogP contribution in [-0.2, 0) is 16.1 Å². The molecule has 0 fully saturated rings. The van der Waals surface area contributed by atoms with Gasteiger partial charge in [-0.25, -0.2) is 13.6 Å². The zero-order chi connectivity index (χ0) is 17.7. The maximum atomic E-state index is 13.1. The largest absolute Gasteiger partial charge is 0.452 e. The second kappa shape index (κ2) is 7.88. The van der Waals surface area contributed by atoms with Crippen molar-refractivity contribution in [3.63, 3.8) is 0 Å². The van der Waals surface area contributed by atoms with E-state index in [1.54, 1.807) is 0 Å². The Bertz CT molecular complexity index is 780. The first-order valence-electron chi connectivity index (χ1n) is 7.01. The van der Waals surface area contributed by atoms with Crippen LogP contribution >= 0.6 is 11.6 Å². The highest BCUT2D eigenvalue weighted by Gasteiger charge is 2.17. The van der Waals surface area contributed by atoms with Crippen LogP contribution in [0.4, 0.5) is 8.78 Å². The summed E-state index contributed by atoms with van der Waals surface area (Å²) in [7, 11) is 0. The maximum absolute atomic E-state index is 13.1. The number of rotatable bonds is 5. The summed E-state index contributed by atoms with van der Waals surface area (Å²) in [6.45, 7) is 1.64. The first-order valence-corrected chi connectivity index (χ1v) is 7.39. The zero-order valence-corrected chi connectivity index (χ0v) is 13.5. The molecule has 0 atom stereocenters. The van der Waals surface area contributed by atoms with Crippen LogP contribution in [0.2, 0.25) is 5.02 Å². The number of carbonyl (C=O) groups is 2. The summed E-state index contributed by atoms with van der Waals surface area (Å²) < 4.78 is 30.9. The van der Waals surface area contributed by atoms with Gasteiger partial charge in [-0.15, -0.1) is 0 Å². The average molecular weight is 354 g/mol. The number of halogens is 3. The summed E-state index contributed by atoms with van der Waals surface area (Å²) in [5.74, 6) is -3.93. The van der Waals surface area contributed by atoms with Crippen molar-refractivity contribution in [3.05, 3.63) is 69.7 Å². The van der Waals surface area contributed by atoms with Crippen LogP contribution in [0.1, 0.15) is 21.5 Å². The van der Waals surface area contributed by atoms with E-state index in [1.165, 1.54) is 0 Å². The van der Waals surface area contributed by atoms with Gasteiger partial charge in [0, 0.05) is 6.54 Å². The highest BCUT2D eigenvalue weighted by molar-refractivity contribution is 6.33. The van der Waals surface area contributed by atoms with E-state index in [2.05, 4.69) is 5.32 Å². The Morgan fingerprint density at radius 2 is 1.83 bits per heavy atom. The van der Waals surface area contributed by atoms with E-state index in [0.29, 0.717) is 12.1 Å². The Kier molecular flexibility index (Phi) is 5.87. The molecule has 0 saturated heterocycles. The van der Waals surface area contributed by atoms with Gasteiger partial charge in [0.1, 0.15) is 0 Å². The number of hydrogen-bond acceptors (Lipinski definition) is 3. The summed E-state index contributed by atoms with van der Waals surface area (Å²) in [6.07, 6.45) is 0. The first kappa shape index (κ1) is 17.9. The molecule has 7 heteroatoms. The molecule has 0 aliphatic heterocycles. The van der Waals surface area contributed by atoms with Crippen molar-refractivity contribution in [2.24, 2.45) is 0 Å². The standard InChI is InChI=1S/C17H14ClF2NO3/c1-10-4-2-3-5-11(10)8-21-16(22)9-24-17(23)12-6-14(19)15(20)7-13(12)18/h2-7H,8-9H2,1H3,(H,21,22). The van der Waals surface area contributed by atoms with Gasteiger partial charge in [-0.05, 0) is 30.2 Å². The molecule has 0 radical (unpaired) electrons. The van der Waals surface area contributed by atoms with Crippen LogP contribution in [0.3, 0.4) is 0 Å². The normalized spacial score (nSPS) is 10.3. The molecule has 126 valence electrons. The molecule has 0 aromatic heterocycles. The summed E-state index contributed by atoms with van der Waals surface area (Å²) in [5.41, 5.74) is 1.60. The predicted octanol–water partition coefficient (Wildman–Crippen LogP) is 3.40. The molecule has 0 aliphatic rings. The molecule has 0 aliphatic carbocycles. The molecule has 0 unspecified atom stereocenters. The van der Waals surface area contributed by atoms with Crippen LogP contribution in [0.25, 0.3) is 0 Å². The van der Waals surface area contributed by atoms with Crippen LogP contribution in [0.5, 0.6) is 0 Å². The Labute approximate surface area is 142 Å². The van der Waals surface area contributed by atoms with E-state index in [4.69, 9.17) is 16.3 Å². The third-order valence-corrected chi connectivity index (χ3v) is 3.61. The van der Waals surface area contributed by atoms with Crippen molar-refractivity contribution in [1.29, 1.82) is 0 Å². The fraction of sp³-hybridized carbons (Fsp3) is 0.176. The van der Waals surface area contributed by atoms with Crippen molar-refractivity contribution in [2.75, 3.05) is 6.61 Å². The van der Waals surface area contributed by atoms with Gasteiger partial charge in [-0.1, -0.05) is 35.9 Å². The minimum Gasteiger partial charge on any atom is -0.452 e. The predicted molar refractivity (Wildman–Crippen MR) is 84.7 cm³/mol. The van der Waals surface area contributed by atoms with Crippen LogP contribution in [0, 0.1) is 18.6 Å². The van der Waals surface area contributed by atoms with Gasteiger partial charge in [0.15, 0.2) is 18.2 Å². The number of ether oxygens (including phenoxy) is 1. The molecule has 2 aromatic rings. The summed E-state index contributed by atoms with van der Waals surface area (Å²) in [5, 5.41) is 2.31. The number of carbonyl (C=O) groups excluding carboxylic acids is 2. The second-order valence-electron chi connectivity index (χ2n) is 5.03. The molecule has 1 N–H and O–H groups in total. The van der Waals surface area contributed by atoms with E-state index in [1.807, 2.05) is 31.2 Å². The third kappa shape index (κ3) is 4.52. The van der Waals surface area contributed by atoms with Gasteiger partial charge < -0.3 is 10.1 Å². The number of hydrogen-bond donors (Lipinski definition) is 1. The summed E-state index contributed by atoms with van der Waals surface area (Å²) in [6, 6.07) is 8.81. The van der Waals surface area contributed by atoms with Gasteiger partial charge in [0.25, 0.3) is 5.91 Å². The van der Waals surface area contributed by atoms with E-state index < -0.39 is 30.1 Å². The second-order valence-corrected chi connectivity index (χ2v) is 5.43. The summed E-state index contributed by atoms with van der Waals surface area (Å²) >= 11 is 5.66. The third-order valence-electron chi connectivity index (χ3n) is 3.30. The van der Waals surface area contributed by atoms with Crippen molar-refractivity contribution in [2.45, 2.75) is 13.5 Å². The Morgan fingerprint density at radius 1 is 1.17 bits per heavy atom. The SMILES string of the molecule is Cc1ccccc1CNC(=O)COC(=O)c1cc(F)c(F)cc1Cl. The highest BCUT2D eigenvalue weighted by atomic mass is 35.5. The molecular weight excluding hydrogens is 340 g/mol. The van der Waals surface area contributed by atoms with Gasteiger partial charge in [0.2, 0.25) is 0 Å². The Morgan fingerprint density at radius 3 is 2.54 bits per heavy atom. The quantitative estimate of drug-likeness (QED) is 0.662. The number of nitrogens with one attached hydrogen (secondary N) is 1. The molecule has 4 nitrogen and oxygen atoms in total. The fourth-order valence-electron chi connectivity index (χ4n) is 1.94. The Balaban J connectivity index is 1.89. The number of amides is 1. The highest BCUT2D eigenvalue weighted by Crippen LogP contribution is 2.20. The van der Waals surface area contributed by atoms with Gasteiger partial charge >= 0.3 is 5.97 Å². The minimum absolute atomic E-state index is 0.287. The maximum Gasteiger partial charge on any atom is 0.340 e. The van der Waals surface area contributed by atoms with E-state index in [9.17, 15) is 18.4 Å². The van der Waals surface area contributed by atoms with Crippen molar-refractivity contribution >= 4 is 23.5 Å². The smallest absolute Gasteiger partial charge is 0.340 e. The van der Waals surface area contributed by atoms with Crippen molar-refractivity contribution < 1.29 is 23.1 Å². The molecule has 0 spiro atoms. The number of aryl methyl sites for hydroxylation is 1. The van der Waals surface area contributed by atoms with E-state index in [0.717, 1.165) is 11.1 Å². The van der Waals surface area contributed by atoms with Crippen LogP contribution < -0.4 is 5.32 Å². The molecule has 0 bridgehead atoms. The fourth-order valence-corrected chi connectivity index (χ4v) is 2.17. The molecule has 2 rings (SSSR count). The summed E-state index contributed by atoms with van der Waals surface area (Å²) in [4.78, 5) is 23.5. The average Bonchev–Trinajstić information content (AvgIpc) is 2.55. The number of esters is 1. The van der Waals surface area contributed by atoms with Gasteiger partial charge in [0.05, 0.1) is 10.6 Å². The lowest BCUT2D eigenvalue weighted by molar-refractivity contribution is -0.124. The van der Waals surface area contributed by atoms with Crippen LogP contribution in [0.15, 0.2) is 36.4 Å². The Hall–Kier alpha value is -2.47. The van der Waals surface area contributed by atoms with Crippen molar-refractivity contribution in [3.8, 4) is 0 Å². The van der Waals surface area contributed by atoms with Gasteiger partial charge in [-0.3, -0.25) is 4.79 Å². The van der Waals surface area contributed by atoms with Crippen LogP contribution in [-0.4, -0.2) is 18.5 Å². The topological polar surface area (TPSA) is 55.4 Å². The zero-order valence-electron chi connectivity index (χ0n) is 12.7. The molecule has 24 heavy (non-hydrogen) atoms. The monoisotopic (exact) mass is 353 g/mol. The molecular formula is C17H14ClF2NO3. The lowest BCUT2D eigenvalue weighted by atomic mass is 10.1. The number of benzene rings is 2. The van der Waals surface area contributed by atoms with E-state index >= 15 is 0 Å². The molecule has 0 saturated carbocycles. The molecule has 1 amide bonds. The van der Waals surface area contributed by atoms with Gasteiger partial charge in [-0.2, -0.15) is 0 Å². The lowest BCUT2D eigenvalue weighted by Crippen LogP contribution is -2.28. The first-order chi connectivity index (χ1) is 11.4. The molecule has 2 aromatic carbocycles. The molecule has 0 heterocycles.